The molecule has 5 rings (SSSR count). The number of carbonyl (C=O) groups is 2. The second-order valence-electron chi connectivity index (χ2n) is 10.8. The van der Waals surface area contributed by atoms with Gasteiger partial charge in [0.2, 0.25) is 17.6 Å². The first-order chi connectivity index (χ1) is 18.7. The molecule has 0 bridgehead atoms. The van der Waals surface area contributed by atoms with Crippen LogP contribution in [0.25, 0.3) is 22.3 Å². The highest BCUT2D eigenvalue weighted by Gasteiger charge is 2.37. The van der Waals surface area contributed by atoms with Crippen molar-refractivity contribution in [2.24, 2.45) is 0 Å². The van der Waals surface area contributed by atoms with Crippen LogP contribution in [0.15, 0.2) is 54.7 Å². The summed E-state index contributed by atoms with van der Waals surface area (Å²) in [5.41, 5.74) is 1.62. The number of aromatic nitrogens is 5. The standard InChI is InChI=1S/C28H32FN7O3/c1-28(2,3)31-27(38)25(22-15-30-23-9-5-4-8-21(22)23)35(16-20-7-6-14-39-20)24(37)17-36-33-26(32-34-36)18-10-12-19(29)13-11-18/h4-5,8-13,15,20,25,30H,6-7,14,16-17H2,1-3H3,(H,31,38). The number of amides is 2. The summed E-state index contributed by atoms with van der Waals surface area (Å²) in [5, 5.41) is 16.3. The number of carbonyl (C=O) groups excluding carboxylic acids is 2. The number of ether oxygens (including phenoxy) is 1. The molecule has 0 aliphatic carbocycles. The van der Waals surface area contributed by atoms with Crippen LogP contribution in [0.4, 0.5) is 4.39 Å². The van der Waals surface area contributed by atoms with E-state index in [-0.39, 0.29) is 42.6 Å². The van der Waals surface area contributed by atoms with Crippen molar-refractivity contribution in [3.8, 4) is 11.4 Å². The number of H-pyrrole nitrogens is 1. The Labute approximate surface area is 225 Å². The minimum atomic E-state index is -0.919. The fraction of sp³-hybridized carbons (Fsp3) is 0.393. The third-order valence-corrected chi connectivity index (χ3v) is 6.55. The third-order valence-electron chi connectivity index (χ3n) is 6.55. The summed E-state index contributed by atoms with van der Waals surface area (Å²) in [6.45, 7) is 6.33. The monoisotopic (exact) mass is 533 g/mol. The van der Waals surface area contributed by atoms with E-state index in [0.29, 0.717) is 17.7 Å². The Hall–Kier alpha value is -4.12. The van der Waals surface area contributed by atoms with Crippen LogP contribution in [0.5, 0.6) is 0 Å². The predicted molar refractivity (Wildman–Crippen MR) is 143 cm³/mol. The van der Waals surface area contributed by atoms with Crippen LogP contribution >= 0.6 is 0 Å². The van der Waals surface area contributed by atoms with E-state index in [2.05, 4.69) is 25.7 Å². The lowest BCUT2D eigenvalue weighted by molar-refractivity contribution is -0.144. The molecule has 3 heterocycles. The summed E-state index contributed by atoms with van der Waals surface area (Å²) < 4.78 is 19.2. The molecule has 1 aliphatic heterocycles. The molecule has 1 fully saturated rings. The summed E-state index contributed by atoms with van der Waals surface area (Å²) in [6.07, 6.45) is 3.28. The van der Waals surface area contributed by atoms with Crippen LogP contribution in [-0.4, -0.2) is 66.7 Å². The van der Waals surface area contributed by atoms with Crippen molar-refractivity contribution in [2.45, 2.75) is 57.8 Å². The summed E-state index contributed by atoms with van der Waals surface area (Å²) in [7, 11) is 0. The molecule has 10 nitrogen and oxygen atoms in total. The van der Waals surface area contributed by atoms with Gasteiger partial charge in [0, 0.05) is 46.9 Å². The number of halogens is 1. The normalized spacial score (nSPS) is 16.4. The van der Waals surface area contributed by atoms with Gasteiger partial charge in [0.1, 0.15) is 18.4 Å². The second-order valence-corrected chi connectivity index (χ2v) is 10.8. The molecule has 2 unspecified atom stereocenters. The Morgan fingerprint density at radius 3 is 2.69 bits per heavy atom. The molecule has 204 valence electrons. The summed E-state index contributed by atoms with van der Waals surface area (Å²) in [4.78, 5) is 33.8. The van der Waals surface area contributed by atoms with Crippen molar-refractivity contribution >= 4 is 22.7 Å². The van der Waals surface area contributed by atoms with Gasteiger partial charge in [0.25, 0.3) is 0 Å². The molecule has 2 amide bonds. The first-order valence-electron chi connectivity index (χ1n) is 13.0. The lowest BCUT2D eigenvalue weighted by Gasteiger charge is -2.34. The maximum absolute atomic E-state index is 13.9. The Bertz CT molecular complexity index is 1450. The zero-order chi connectivity index (χ0) is 27.6. The van der Waals surface area contributed by atoms with Crippen LogP contribution < -0.4 is 5.32 Å². The third kappa shape index (κ3) is 6.14. The van der Waals surface area contributed by atoms with E-state index in [1.54, 1.807) is 23.2 Å². The van der Waals surface area contributed by atoms with Gasteiger partial charge in [-0.15, -0.1) is 10.2 Å². The number of hydrogen-bond donors (Lipinski definition) is 2. The molecule has 0 radical (unpaired) electrons. The molecule has 0 saturated carbocycles. The number of benzene rings is 2. The smallest absolute Gasteiger partial charge is 0.247 e. The van der Waals surface area contributed by atoms with E-state index < -0.39 is 11.6 Å². The van der Waals surface area contributed by atoms with E-state index >= 15 is 0 Å². The molecule has 0 spiro atoms. The van der Waals surface area contributed by atoms with Gasteiger partial charge in [-0.3, -0.25) is 9.59 Å². The van der Waals surface area contributed by atoms with Gasteiger partial charge in [-0.2, -0.15) is 4.80 Å². The number of tetrazole rings is 1. The number of hydrogen-bond acceptors (Lipinski definition) is 6. The number of aromatic amines is 1. The highest BCUT2D eigenvalue weighted by atomic mass is 19.1. The first kappa shape index (κ1) is 26.5. The zero-order valence-corrected chi connectivity index (χ0v) is 22.2. The predicted octanol–water partition coefficient (Wildman–Crippen LogP) is 3.62. The quantitative estimate of drug-likeness (QED) is 0.357. The largest absolute Gasteiger partial charge is 0.376 e. The van der Waals surface area contributed by atoms with Crippen LogP contribution in [0.2, 0.25) is 0 Å². The van der Waals surface area contributed by atoms with Gasteiger partial charge in [0.05, 0.1) is 6.10 Å². The molecule has 39 heavy (non-hydrogen) atoms. The molecule has 2 atom stereocenters. The molecule has 1 aliphatic rings. The number of rotatable bonds is 8. The number of nitrogens with zero attached hydrogens (tertiary/aromatic N) is 5. The highest BCUT2D eigenvalue weighted by molar-refractivity contribution is 5.94. The molecule has 1 saturated heterocycles. The summed E-state index contributed by atoms with van der Waals surface area (Å²) >= 11 is 0. The Kier molecular flexibility index (Phi) is 7.42. The first-order valence-corrected chi connectivity index (χ1v) is 13.0. The van der Waals surface area contributed by atoms with E-state index in [9.17, 15) is 14.0 Å². The zero-order valence-electron chi connectivity index (χ0n) is 22.2. The van der Waals surface area contributed by atoms with Crippen LogP contribution in [0.1, 0.15) is 45.2 Å². The van der Waals surface area contributed by atoms with Gasteiger partial charge >= 0.3 is 0 Å². The summed E-state index contributed by atoms with van der Waals surface area (Å²) in [5.74, 6) is -0.750. The van der Waals surface area contributed by atoms with Gasteiger partial charge < -0.3 is 19.9 Å². The second kappa shape index (κ2) is 10.9. The maximum atomic E-state index is 13.9. The van der Waals surface area contributed by atoms with Crippen molar-refractivity contribution < 1.29 is 18.7 Å². The van der Waals surface area contributed by atoms with E-state index in [1.807, 2.05) is 45.0 Å². The van der Waals surface area contributed by atoms with Gasteiger partial charge in [-0.1, -0.05) is 18.2 Å². The number of nitrogens with one attached hydrogen (secondary N) is 2. The minimum absolute atomic E-state index is 0.192. The number of fused-ring (bicyclic) bond motifs is 1. The molecular formula is C28H32FN7O3. The fourth-order valence-corrected chi connectivity index (χ4v) is 4.80. The van der Waals surface area contributed by atoms with Gasteiger partial charge in [0.15, 0.2) is 0 Å². The van der Waals surface area contributed by atoms with E-state index in [0.717, 1.165) is 23.7 Å². The summed E-state index contributed by atoms with van der Waals surface area (Å²) in [6, 6.07) is 12.5. The Morgan fingerprint density at radius 2 is 1.97 bits per heavy atom. The lowest BCUT2D eigenvalue weighted by atomic mass is 10.00. The Morgan fingerprint density at radius 1 is 1.21 bits per heavy atom. The Balaban J connectivity index is 1.49. The molecule has 4 aromatic rings. The van der Waals surface area contributed by atoms with Crippen LogP contribution in [0, 0.1) is 5.82 Å². The molecule has 2 N–H and O–H groups in total. The van der Waals surface area contributed by atoms with Crippen molar-refractivity contribution in [1.29, 1.82) is 0 Å². The van der Waals surface area contributed by atoms with E-state index in [1.165, 1.54) is 16.9 Å². The van der Waals surface area contributed by atoms with Gasteiger partial charge in [-0.05, 0) is 69.2 Å². The van der Waals surface area contributed by atoms with Crippen molar-refractivity contribution in [2.75, 3.05) is 13.2 Å². The fourth-order valence-electron chi connectivity index (χ4n) is 4.80. The average molecular weight is 534 g/mol. The van der Waals surface area contributed by atoms with Gasteiger partial charge in [-0.25, -0.2) is 4.39 Å². The minimum Gasteiger partial charge on any atom is -0.376 e. The highest BCUT2D eigenvalue weighted by Crippen LogP contribution is 2.31. The molecular weight excluding hydrogens is 501 g/mol. The van der Waals surface area contributed by atoms with Crippen molar-refractivity contribution in [3.63, 3.8) is 0 Å². The maximum Gasteiger partial charge on any atom is 0.247 e. The molecule has 2 aromatic heterocycles. The molecule has 2 aromatic carbocycles. The SMILES string of the molecule is CC(C)(C)NC(=O)C(c1c[nH]c2ccccc12)N(CC1CCCO1)C(=O)Cn1nnc(-c2ccc(F)cc2)n1. The van der Waals surface area contributed by atoms with Crippen molar-refractivity contribution in [1.82, 2.24) is 35.4 Å². The van der Waals surface area contributed by atoms with Crippen LogP contribution in [-0.2, 0) is 20.9 Å². The van der Waals surface area contributed by atoms with Crippen molar-refractivity contribution in [3.05, 3.63) is 66.1 Å². The topological polar surface area (TPSA) is 118 Å². The van der Waals surface area contributed by atoms with E-state index in [4.69, 9.17) is 4.74 Å². The van der Waals surface area contributed by atoms with Crippen LogP contribution in [0.3, 0.4) is 0 Å². The number of para-hydroxylation sites is 1. The molecule has 11 heteroatoms. The average Bonchev–Trinajstić information content (AvgIpc) is 3.65. The lowest BCUT2D eigenvalue weighted by Crippen LogP contribution is -2.51.